The first-order chi connectivity index (χ1) is 15.3. The molecule has 0 aliphatic carbocycles. The largest absolute Gasteiger partial charge is 3.00 e. The van der Waals surface area contributed by atoms with E-state index in [-0.39, 0.29) is 41.9 Å². The Hall–Kier alpha value is -1.68. The van der Waals surface area contributed by atoms with Gasteiger partial charge in [-0.05, 0) is 43.4 Å². The monoisotopic (exact) mass is 572 g/mol. The molecule has 0 aliphatic rings. The molecule has 0 fully saturated rings. The molecule has 2 aromatic carbocycles. The molecular formula is C28H33Cl3FeN3. The number of rotatable bonds is 5. The molecule has 0 amide bonds. The Morgan fingerprint density at radius 1 is 0.886 bits per heavy atom. The van der Waals surface area contributed by atoms with Crippen LogP contribution in [0.15, 0.2) is 70.9 Å². The molecule has 0 saturated carbocycles. The maximum atomic E-state index is 6.14. The summed E-state index contributed by atoms with van der Waals surface area (Å²) < 4.78 is 0. The van der Waals surface area contributed by atoms with Crippen LogP contribution in [-0.4, -0.2) is 16.9 Å². The van der Waals surface area contributed by atoms with Crippen molar-refractivity contribution in [1.29, 1.82) is 0 Å². The molecule has 1 heterocycles. The Labute approximate surface area is 239 Å². The fourth-order valence-corrected chi connectivity index (χ4v) is 3.59. The number of aliphatic imine (C=N–C) groups is 2. The second-order valence-corrected chi connectivity index (χ2v) is 8.68. The van der Waals surface area contributed by atoms with E-state index in [0.29, 0.717) is 16.9 Å². The number of benzene rings is 2. The van der Waals surface area contributed by atoms with E-state index in [1.807, 2.05) is 51.1 Å². The van der Waals surface area contributed by atoms with Gasteiger partial charge < -0.3 is 29.8 Å². The summed E-state index contributed by atoms with van der Waals surface area (Å²) >= 11 is 6.14. The van der Waals surface area contributed by atoms with Gasteiger partial charge in [0, 0.05) is 23.7 Å². The van der Waals surface area contributed by atoms with Crippen molar-refractivity contribution < 1.29 is 41.9 Å². The Kier molecular flexibility index (Phi) is 17.9. The van der Waals surface area contributed by atoms with Gasteiger partial charge >= 0.3 is 17.1 Å². The Morgan fingerprint density at radius 3 is 1.91 bits per heavy atom. The average molecular weight is 574 g/mol. The molecule has 0 atom stereocenters. The van der Waals surface area contributed by atoms with Crippen molar-refractivity contribution >= 4 is 34.9 Å². The first kappa shape index (κ1) is 35.5. The number of aryl methyl sites for hydroxylation is 1. The van der Waals surface area contributed by atoms with Crippen LogP contribution < -0.4 is 24.8 Å². The van der Waals surface area contributed by atoms with E-state index >= 15 is 0 Å². The Morgan fingerprint density at radius 2 is 1.46 bits per heavy atom. The van der Waals surface area contributed by atoms with E-state index in [1.165, 1.54) is 11.1 Å². The minimum atomic E-state index is 0. The minimum absolute atomic E-state index is 0. The van der Waals surface area contributed by atoms with Crippen LogP contribution in [0.5, 0.6) is 0 Å². The van der Waals surface area contributed by atoms with Gasteiger partial charge in [-0.15, -0.1) is 18.1 Å². The molecule has 0 unspecified atom stereocenters. The number of para-hydroxylation sites is 2. The standard InChI is InChI=1S/C14H13ClN2.C14H20N.2ClH.Fe/c1-10-5-3-7-13(15)14(10)17-11(2)12-6-4-8-16-9-12;1-6-15-14-12(10(2)3)8-7-9-13(14)11(4)5;;;/h3-9H,1-2H3;7-11H,1-5H3;2*1H;/q;-1;;;+3/p-2. The van der Waals surface area contributed by atoms with Crippen molar-refractivity contribution in [3.63, 3.8) is 0 Å². The van der Waals surface area contributed by atoms with Gasteiger partial charge in [0.2, 0.25) is 0 Å². The first-order valence-electron chi connectivity index (χ1n) is 11.0. The van der Waals surface area contributed by atoms with E-state index < -0.39 is 0 Å². The third-order valence-electron chi connectivity index (χ3n) is 5.11. The molecule has 3 nitrogen and oxygen atoms in total. The molecule has 1 radical (unpaired) electrons. The van der Waals surface area contributed by atoms with E-state index in [2.05, 4.69) is 67.1 Å². The van der Waals surface area contributed by atoms with E-state index in [4.69, 9.17) is 11.6 Å². The third kappa shape index (κ3) is 10.5. The van der Waals surface area contributed by atoms with Crippen molar-refractivity contribution in [2.75, 3.05) is 0 Å². The van der Waals surface area contributed by atoms with Gasteiger partial charge in [0.1, 0.15) is 0 Å². The van der Waals surface area contributed by atoms with Gasteiger partial charge in [-0.3, -0.25) is 9.98 Å². The molecule has 0 saturated heterocycles. The summed E-state index contributed by atoms with van der Waals surface area (Å²) in [6, 6.07) is 16.1. The molecule has 0 bridgehead atoms. The van der Waals surface area contributed by atoms with E-state index in [9.17, 15) is 0 Å². The smallest absolute Gasteiger partial charge is 1.00 e. The Balaban J connectivity index is 0. The van der Waals surface area contributed by atoms with Crippen LogP contribution in [0.4, 0.5) is 11.4 Å². The van der Waals surface area contributed by atoms with Crippen molar-refractivity contribution in [2.24, 2.45) is 9.98 Å². The summed E-state index contributed by atoms with van der Waals surface area (Å²) in [6.07, 6.45) is 6.44. The summed E-state index contributed by atoms with van der Waals surface area (Å²) in [5, 5.41) is 0.674. The topological polar surface area (TPSA) is 37.6 Å². The van der Waals surface area contributed by atoms with Crippen molar-refractivity contribution in [3.05, 3.63) is 88.2 Å². The second kappa shape index (κ2) is 17.7. The summed E-state index contributed by atoms with van der Waals surface area (Å²) in [6.45, 7) is 14.6. The number of hydrogen-bond donors (Lipinski definition) is 0. The summed E-state index contributed by atoms with van der Waals surface area (Å²) in [5.41, 5.74) is 7.56. The molecule has 35 heavy (non-hydrogen) atoms. The predicted octanol–water partition coefficient (Wildman–Crippen LogP) is 2.72. The first-order valence-corrected chi connectivity index (χ1v) is 11.3. The molecule has 0 N–H and O–H groups in total. The van der Waals surface area contributed by atoms with E-state index in [1.54, 1.807) is 12.4 Å². The van der Waals surface area contributed by atoms with Crippen LogP contribution in [0, 0.1) is 6.92 Å². The number of halogens is 3. The van der Waals surface area contributed by atoms with Gasteiger partial charge in [-0.2, -0.15) is 6.21 Å². The minimum Gasteiger partial charge on any atom is -1.00 e. The third-order valence-corrected chi connectivity index (χ3v) is 5.42. The average Bonchev–Trinajstić information content (AvgIpc) is 2.77. The van der Waals surface area contributed by atoms with Gasteiger partial charge in [0.05, 0.1) is 10.7 Å². The predicted molar refractivity (Wildman–Crippen MR) is 140 cm³/mol. The van der Waals surface area contributed by atoms with Crippen LogP contribution in [0.1, 0.15) is 75.6 Å². The van der Waals surface area contributed by atoms with Crippen LogP contribution in [0.3, 0.4) is 0 Å². The zero-order chi connectivity index (χ0) is 23.7. The maximum Gasteiger partial charge on any atom is 3.00 e. The summed E-state index contributed by atoms with van der Waals surface area (Å²) in [5.74, 6) is 1.02. The second-order valence-electron chi connectivity index (χ2n) is 8.27. The van der Waals surface area contributed by atoms with Gasteiger partial charge in [-0.1, -0.05) is 81.4 Å². The normalized spacial score (nSPS) is 10.7. The van der Waals surface area contributed by atoms with Crippen molar-refractivity contribution in [2.45, 2.75) is 60.3 Å². The molecule has 1 aromatic heterocycles. The number of hydrogen-bond acceptors (Lipinski definition) is 3. The van der Waals surface area contributed by atoms with Crippen LogP contribution in [0.25, 0.3) is 0 Å². The molecule has 3 aromatic rings. The fourth-order valence-electron chi connectivity index (χ4n) is 3.33. The molecule has 0 aliphatic heterocycles. The number of pyridine rings is 1. The zero-order valence-electron chi connectivity index (χ0n) is 21.3. The molecule has 7 heteroatoms. The fraction of sp³-hybridized carbons (Fsp3) is 0.321. The molecule has 0 spiro atoms. The number of nitrogens with zero attached hydrogens (tertiary/aromatic N) is 3. The molecular weight excluding hydrogens is 541 g/mol. The Bertz CT molecular complexity index is 1040. The van der Waals surface area contributed by atoms with Crippen LogP contribution >= 0.6 is 11.6 Å². The zero-order valence-corrected chi connectivity index (χ0v) is 24.6. The van der Waals surface area contributed by atoms with Crippen LogP contribution in [0.2, 0.25) is 5.02 Å². The van der Waals surface area contributed by atoms with Crippen LogP contribution in [-0.2, 0) is 17.1 Å². The van der Waals surface area contributed by atoms with Gasteiger partial charge in [0.25, 0.3) is 0 Å². The van der Waals surface area contributed by atoms with Gasteiger partial charge in [0.15, 0.2) is 0 Å². The maximum absolute atomic E-state index is 6.14. The van der Waals surface area contributed by atoms with E-state index in [0.717, 1.165) is 28.2 Å². The number of aromatic nitrogens is 1. The SMILES string of the molecule is CC(=Nc1c(C)cccc1Cl)c1cccnc1.C[C-]=Nc1c(C(C)C)cccc1C(C)C.[Cl-].[Cl-].[Fe+3]. The molecule has 3 rings (SSSR count). The summed E-state index contributed by atoms with van der Waals surface area (Å²) in [7, 11) is 0. The van der Waals surface area contributed by atoms with Crippen molar-refractivity contribution in [1.82, 2.24) is 4.98 Å². The quantitative estimate of drug-likeness (QED) is 0.263. The van der Waals surface area contributed by atoms with Gasteiger partial charge in [-0.25, -0.2) is 0 Å². The van der Waals surface area contributed by atoms with Crippen molar-refractivity contribution in [3.8, 4) is 0 Å². The molecule has 189 valence electrons. The summed E-state index contributed by atoms with van der Waals surface area (Å²) in [4.78, 5) is 13.1.